The van der Waals surface area contributed by atoms with E-state index in [0.29, 0.717) is 12.1 Å². The summed E-state index contributed by atoms with van der Waals surface area (Å²) in [6.07, 6.45) is 3.53. The molecule has 1 aromatic carbocycles. The normalized spacial score (nSPS) is 10.3. The first-order chi connectivity index (χ1) is 9.08. The zero-order valence-electron chi connectivity index (χ0n) is 10.3. The molecule has 0 saturated carbocycles. The molecule has 0 unspecified atom stereocenters. The first kappa shape index (κ1) is 14.5. The minimum atomic E-state index is -0.0677. The average molecular weight is 431 g/mol. The number of nitrogens with one attached hydrogen (secondary N) is 1. The summed E-state index contributed by atoms with van der Waals surface area (Å²) in [7, 11) is 0. The van der Waals surface area contributed by atoms with Gasteiger partial charge in [0, 0.05) is 27.0 Å². The second-order valence-electron chi connectivity index (χ2n) is 4.11. The van der Waals surface area contributed by atoms with Crippen molar-refractivity contribution in [1.29, 1.82) is 0 Å². The molecule has 0 atom stereocenters. The van der Waals surface area contributed by atoms with Crippen LogP contribution in [-0.2, 0) is 6.54 Å². The molecule has 0 aliphatic heterocycles. The first-order valence-electron chi connectivity index (χ1n) is 5.70. The van der Waals surface area contributed by atoms with Gasteiger partial charge in [0.15, 0.2) is 0 Å². The van der Waals surface area contributed by atoms with E-state index < -0.39 is 0 Å². The number of aryl methyl sites for hydroxylation is 1. The monoisotopic (exact) mass is 430 g/mol. The lowest BCUT2D eigenvalue weighted by Crippen LogP contribution is -2.24. The fourth-order valence-corrected chi connectivity index (χ4v) is 2.58. The highest BCUT2D eigenvalue weighted by Crippen LogP contribution is 2.18. The molecule has 0 saturated heterocycles. The van der Waals surface area contributed by atoms with E-state index in [1.807, 2.05) is 31.2 Å². The molecule has 0 spiro atoms. The van der Waals surface area contributed by atoms with Crippen molar-refractivity contribution in [3.05, 3.63) is 61.4 Å². The van der Waals surface area contributed by atoms with Crippen LogP contribution in [0.25, 0.3) is 0 Å². The smallest absolute Gasteiger partial charge is 0.252 e. The summed E-state index contributed by atoms with van der Waals surface area (Å²) >= 11 is 5.54. The summed E-state index contributed by atoms with van der Waals surface area (Å²) in [4.78, 5) is 16.2. The van der Waals surface area contributed by atoms with E-state index in [2.05, 4.69) is 48.8 Å². The SMILES string of the molecule is Cc1cnccc1CNC(=O)c1cc(Br)ccc1I. The molecule has 1 amide bonds. The Labute approximate surface area is 134 Å². The lowest BCUT2D eigenvalue weighted by atomic mass is 10.1. The lowest BCUT2D eigenvalue weighted by molar-refractivity contribution is 0.0950. The number of benzene rings is 1. The van der Waals surface area contributed by atoms with Crippen LogP contribution in [0.2, 0.25) is 0 Å². The van der Waals surface area contributed by atoms with Crippen molar-refractivity contribution < 1.29 is 4.79 Å². The Hall–Kier alpha value is -0.950. The van der Waals surface area contributed by atoms with Crippen LogP contribution in [0.5, 0.6) is 0 Å². The molecule has 98 valence electrons. The van der Waals surface area contributed by atoms with Crippen molar-refractivity contribution in [2.75, 3.05) is 0 Å². The van der Waals surface area contributed by atoms with Gasteiger partial charge in [-0.2, -0.15) is 0 Å². The Morgan fingerprint density at radius 2 is 2.21 bits per heavy atom. The molecule has 0 bridgehead atoms. The van der Waals surface area contributed by atoms with Crippen LogP contribution in [0.3, 0.4) is 0 Å². The summed E-state index contributed by atoms with van der Waals surface area (Å²) in [5, 5.41) is 2.93. The Kier molecular flexibility index (Phi) is 4.93. The number of carbonyl (C=O) groups excluding carboxylic acids is 1. The number of hydrogen-bond donors (Lipinski definition) is 1. The fraction of sp³-hybridized carbons (Fsp3) is 0.143. The predicted octanol–water partition coefficient (Wildman–Crippen LogP) is 3.69. The molecule has 1 heterocycles. The van der Waals surface area contributed by atoms with Crippen LogP contribution >= 0.6 is 38.5 Å². The van der Waals surface area contributed by atoms with E-state index in [1.54, 1.807) is 12.4 Å². The molecule has 1 N–H and O–H groups in total. The fourth-order valence-electron chi connectivity index (χ4n) is 1.64. The predicted molar refractivity (Wildman–Crippen MR) is 87.0 cm³/mol. The number of amides is 1. The molecular weight excluding hydrogens is 419 g/mol. The van der Waals surface area contributed by atoms with Crippen molar-refractivity contribution >= 4 is 44.4 Å². The number of halogens is 2. The van der Waals surface area contributed by atoms with Gasteiger partial charge in [0.1, 0.15) is 0 Å². The number of carbonyl (C=O) groups is 1. The maximum Gasteiger partial charge on any atom is 0.252 e. The molecular formula is C14H12BrIN2O. The van der Waals surface area contributed by atoms with Gasteiger partial charge in [-0.25, -0.2) is 0 Å². The van der Waals surface area contributed by atoms with E-state index in [1.165, 1.54) is 0 Å². The van der Waals surface area contributed by atoms with Crippen LogP contribution < -0.4 is 5.32 Å². The highest BCUT2D eigenvalue weighted by molar-refractivity contribution is 14.1. The van der Waals surface area contributed by atoms with E-state index >= 15 is 0 Å². The molecule has 2 rings (SSSR count). The van der Waals surface area contributed by atoms with Gasteiger partial charge in [-0.15, -0.1) is 0 Å². The maximum atomic E-state index is 12.1. The molecule has 0 aliphatic rings. The number of rotatable bonds is 3. The lowest BCUT2D eigenvalue weighted by Gasteiger charge is -2.09. The maximum absolute atomic E-state index is 12.1. The van der Waals surface area contributed by atoms with Gasteiger partial charge in [0.2, 0.25) is 0 Å². The Morgan fingerprint density at radius 3 is 2.95 bits per heavy atom. The quantitative estimate of drug-likeness (QED) is 0.754. The summed E-state index contributed by atoms with van der Waals surface area (Å²) in [6.45, 7) is 2.49. The van der Waals surface area contributed by atoms with Gasteiger partial charge in [-0.3, -0.25) is 9.78 Å². The summed E-state index contributed by atoms with van der Waals surface area (Å²) in [5.41, 5.74) is 2.83. The van der Waals surface area contributed by atoms with Gasteiger partial charge in [-0.1, -0.05) is 15.9 Å². The molecule has 0 aliphatic carbocycles. The van der Waals surface area contributed by atoms with Crippen LogP contribution in [0.15, 0.2) is 41.1 Å². The van der Waals surface area contributed by atoms with Gasteiger partial charge in [-0.05, 0) is 64.9 Å². The standard InChI is InChI=1S/C14H12BrIN2O/c1-9-7-17-5-4-10(9)8-18-14(19)12-6-11(15)2-3-13(12)16/h2-7H,8H2,1H3,(H,18,19). The van der Waals surface area contributed by atoms with Crippen LogP contribution in [0, 0.1) is 10.5 Å². The second-order valence-corrected chi connectivity index (χ2v) is 6.19. The summed E-state index contributed by atoms with van der Waals surface area (Å²) in [5.74, 6) is -0.0677. The van der Waals surface area contributed by atoms with Gasteiger partial charge in [0.05, 0.1) is 5.56 Å². The molecule has 19 heavy (non-hydrogen) atoms. The van der Waals surface area contributed by atoms with Crippen LogP contribution in [0.1, 0.15) is 21.5 Å². The number of hydrogen-bond acceptors (Lipinski definition) is 2. The largest absolute Gasteiger partial charge is 0.348 e. The number of nitrogens with zero attached hydrogens (tertiary/aromatic N) is 1. The molecule has 2 aromatic rings. The van der Waals surface area contributed by atoms with Crippen LogP contribution in [0.4, 0.5) is 0 Å². The van der Waals surface area contributed by atoms with Crippen molar-refractivity contribution in [2.24, 2.45) is 0 Å². The molecule has 3 nitrogen and oxygen atoms in total. The topological polar surface area (TPSA) is 42.0 Å². The Morgan fingerprint density at radius 1 is 1.42 bits per heavy atom. The van der Waals surface area contributed by atoms with Crippen LogP contribution in [-0.4, -0.2) is 10.9 Å². The van der Waals surface area contributed by atoms with Gasteiger partial charge in [0.25, 0.3) is 5.91 Å². The summed E-state index contributed by atoms with van der Waals surface area (Å²) < 4.78 is 1.84. The van der Waals surface area contributed by atoms with Gasteiger partial charge < -0.3 is 5.32 Å². The number of pyridine rings is 1. The van der Waals surface area contributed by atoms with Crippen molar-refractivity contribution in [1.82, 2.24) is 10.3 Å². The van der Waals surface area contributed by atoms with E-state index in [4.69, 9.17) is 0 Å². The van der Waals surface area contributed by atoms with E-state index in [0.717, 1.165) is 19.2 Å². The number of aromatic nitrogens is 1. The highest BCUT2D eigenvalue weighted by Gasteiger charge is 2.10. The first-order valence-corrected chi connectivity index (χ1v) is 7.58. The Balaban J connectivity index is 2.10. The molecule has 0 fully saturated rings. The Bertz CT molecular complexity index is 616. The highest BCUT2D eigenvalue weighted by atomic mass is 127. The third kappa shape index (κ3) is 3.76. The zero-order chi connectivity index (χ0) is 13.8. The van der Waals surface area contributed by atoms with Crippen molar-refractivity contribution in [3.8, 4) is 0 Å². The minimum Gasteiger partial charge on any atom is -0.348 e. The minimum absolute atomic E-state index is 0.0677. The summed E-state index contributed by atoms with van der Waals surface area (Å²) in [6, 6.07) is 7.58. The average Bonchev–Trinajstić information content (AvgIpc) is 2.40. The van der Waals surface area contributed by atoms with E-state index in [-0.39, 0.29) is 5.91 Å². The van der Waals surface area contributed by atoms with Crippen molar-refractivity contribution in [2.45, 2.75) is 13.5 Å². The molecule has 5 heteroatoms. The third-order valence-electron chi connectivity index (χ3n) is 2.75. The van der Waals surface area contributed by atoms with Gasteiger partial charge >= 0.3 is 0 Å². The second kappa shape index (κ2) is 6.47. The van der Waals surface area contributed by atoms with E-state index in [9.17, 15) is 4.79 Å². The molecule has 1 aromatic heterocycles. The zero-order valence-corrected chi connectivity index (χ0v) is 14.0. The third-order valence-corrected chi connectivity index (χ3v) is 4.18. The molecule has 0 radical (unpaired) electrons. The van der Waals surface area contributed by atoms with Crippen molar-refractivity contribution in [3.63, 3.8) is 0 Å².